The molecule has 2 aromatic rings. The van der Waals surface area contributed by atoms with Gasteiger partial charge >= 0.3 is 12.1 Å². The summed E-state index contributed by atoms with van der Waals surface area (Å²) in [4.78, 5) is 34.0. The van der Waals surface area contributed by atoms with Crippen LogP contribution in [0, 0.1) is 17.3 Å². The predicted molar refractivity (Wildman–Crippen MR) is 143 cm³/mol. The maximum absolute atomic E-state index is 14.1. The SMILES string of the molecule is C[C@@H]1CN([C@H]2CC3CCCC3(C(=O)N3CCc4ncc(C(F)(F)F)cc4C3)C2)CCC1c1cccc(C(=O)O)c1. The van der Waals surface area contributed by atoms with Crippen LogP contribution in [0.1, 0.15) is 84.1 Å². The molecular formula is C31H36F3N3O3. The molecule has 6 rings (SSSR count). The van der Waals surface area contributed by atoms with E-state index in [9.17, 15) is 27.9 Å². The van der Waals surface area contributed by atoms with Gasteiger partial charge in [0.25, 0.3) is 0 Å². The molecule has 0 bridgehead atoms. The molecule has 5 atom stereocenters. The minimum absolute atomic E-state index is 0.119. The van der Waals surface area contributed by atoms with Gasteiger partial charge in [0, 0.05) is 44.0 Å². The van der Waals surface area contributed by atoms with Crippen LogP contribution in [0.25, 0.3) is 0 Å². The first-order valence-electron chi connectivity index (χ1n) is 14.5. The van der Waals surface area contributed by atoms with Crippen LogP contribution in [0.2, 0.25) is 0 Å². The zero-order chi connectivity index (χ0) is 28.2. The Morgan fingerprint density at radius 2 is 1.98 bits per heavy atom. The molecule has 4 aliphatic rings. The minimum atomic E-state index is -4.45. The van der Waals surface area contributed by atoms with Crippen molar-refractivity contribution in [3.05, 3.63) is 64.5 Å². The summed E-state index contributed by atoms with van der Waals surface area (Å²) in [5.41, 5.74) is 1.39. The molecule has 2 aliphatic heterocycles. The lowest BCUT2D eigenvalue weighted by Crippen LogP contribution is -2.48. The number of amides is 1. The second kappa shape index (κ2) is 10.2. The van der Waals surface area contributed by atoms with E-state index in [0.29, 0.717) is 53.6 Å². The molecule has 1 amide bonds. The van der Waals surface area contributed by atoms with Gasteiger partial charge < -0.3 is 14.9 Å². The van der Waals surface area contributed by atoms with Crippen molar-refractivity contribution < 1.29 is 27.9 Å². The lowest BCUT2D eigenvalue weighted by Gasteiger charge is -2.41. The van der Waals surface area contributed by atoms with Crippen LogP contribution in [0.5, 0.6) is 0 Å². The molecule has 1 aromatic carbocycles. The van der Waals surface area contributed by atoms with Gasteiger partial charge in [-0.3, -0.25) is 9.78 Å². The van der Waals surface area contributed by atoms with Crippen molar-refractivity contribution in [1.29, 1.82) is 0 Å². The van der Waals surface area contributed by atoms with Crippen molar-refractivity contribution in [2.24, 2.45) is 17.3 Å². The van der Waals surface area contributed by atoms with Crippen molar-refractivity contribution in [2.45, 2.75) is 76.6 Å². The first-order valence-corrected chi connectivity index (χ1v) is 14.5. The molecule has 9 heteroatoms. The fourth-order valence-corrected chi connectivity index (χ4v) is 8.21. The van der Waals surface area contributed by atoms with Crippen molar-refractivity contribution in [3.63, 3.8) is 0 Å². The van der Waals surface area contributed by atoms with E-state index in [1.807, 2.05) is 12.1 Å². The number of alkyl halides is 3. The highest BCUT2D eigenvalue weighted by atomic mass is 19.4. The molecule has 3 unspecified atom stereocenters. The number of hydrogen-bond acceptors (Lipinski definition) is 4. The van der Waals surface area contributed by atoms with E-state index in [4.69, 9.17) is 0 Å². The molecule has 2 aliphatic carbocycles. The Bertz CT molecular complexity index is 1310. The highest BCUT2D eigenvalue weighted by molar-refractivity contribution is 5.87. The van der Waals surface area contributed by atoms with Crippen molar-refractivity contribution in [1.82, 2.24) is 14.8 Å². The quantitative estimate of drug-likeness (QED) is 0.520. The molecule has 40 heavy (non-hydrogen) atoms. The van der Waals surface area contributed by atoms with Gasteiger partial charge in [-0.1, -0.05) is 25.5 Å². The smallest absolute Gasteiger partial charge is 0.417 e. The highest BCUT2D eigenvalue weighted by Crippen LogP contribution is 2.57. The number of carboxylic acids is 1. The second-order valence-electron chi connectivity index (χ2n) is 12.4. The van der Waals surface area contributed by atoms with E-state index in [1.165, 1.54) is 6.07 Å². The Morgan fingerprint density at radius 3 is 2.73 bits per heavy atom. The van der Waals surface area contributed by atoms with E-state index in [1.54, 1.807) is 17.0 Å². The van der Waals surface area contributed by atoms with Crippen molar-refractivity contribution in [3.8, 4) is 0 Å². The molecule has 1 aromatic heterocycles. The average Bonchev–Trinajstić information content (AvgIpc) is 3.50. The summed E-state index contributed by atoms with van der Waals surface area (Å²) >= 11 is 0. The van der Waals surface area contributed by atoms with Gasteiger partial charge in [0.05, 0.1) is 16.5 Å². The monoisotopic (exact) mass is 555 g/mol. The van der Waals surface area contributed by atoms with Gasteiger partial charge in [-0.05, 0) is 85.7 Å². The first-order chi connectivity index (χ1) is 19.0. The summed E-state index contributed by atoms with van der Waals surface area (Å²) in [6.45, 7) is 4.75. The number of carbonyl (C=O) groups is 2. The number of likely N-dealkylation sites (tertiary alicyclic amines) is 1. The third-order valence-corrected chi connectivity index (χ3v) is 10.2. The van der Waals surface area contributed by atoms with E-state index >= 15 is 0 Å². The number of rotatable bonds is 4. The average molecular weight is 556 g/mol. The van der Waals surface area contributed by atoms with Crippen LogP contribution in [-0.2, 0) is 23.9 Å². The van der Waals surface area contributed by atoms with Gasteiger partial charge in [0.1, 0.15) is 0 Å². The Labute approximate surface area is 232 Å². The number of aromatic carboxylic acids is 1. The topological polar surface area (TPSA) is 73.7 Å². The first kappa shape index (κ1) is 27.2. The lowest BCUT2D eigenvalue weighted by molar-refractivity contribution is -0.144. The summed E-state index contributed by atoms with van der Waals surface area (Å²) in [5.74, 6) is 0.184. The van der Waals surface area contributed by atoms with Gasteiger partial charge in [0.15, 0.2) is 0 Å². The van der Waals surface area contributed by atoms with Gasteiger partial charge in [-0.15, -0.1) is 0 Å². The van der Waals surface area contributed by atoms with Gasteiger partial charge in [-0.2, -0.15) is 13.2 Å². The Balaban J connectivity index is 1.15. The predicted octanol–water partition coefficient (Wildman–Crippen LogP) is 5.76. The fraction of sp³-hybridized carbons (Fsp3) is 0.581. The molecule has 1 N–H and O–H groups in total. The van der Waals surface area contributed by atoms with E-state index in [2.05, 4.69) is 16.8 Å². The number of pyridine rings is 1. The van der Waals surface area contributed by atoms with E-state index in [-0.39, 0.29) is 12.5 Å². The minimum Gasteiger partial charge on any atom is -0.478 e. The third kappa shape index (κ3) is 4.80. The number of fused-ring (bicyclic) bond motifs is 2. The number of benzene rings is 1. The standard InChI is InChI=1S/C31H36F3N3O3/c1-19-17-36(10-7-26(19)20-4-2-5-21(12-20)28(38)39)25-14-23-6-3-9-30(23,15-25)29(40)37-11-8-27-22(18-37)13-24(16-35-27)31(32,33)34/h2,4-5,12-13,16,19,23,25-26H,3,6-11,14-15,17-18H2,1H3,(H,38,39)/t19-,23?,25+,26?,30?/m1/s1. The van der Waals surface area contributed by atoms with Crippen molar-refractivity contribution >= 4 is 11.9 Å². The zero-order valence-corrected chi connectivity index (χ0v) is 22.8. The van der Waals surface area contributed by atoms with Crippen LogP contribution >= 0.6 is 0 Å². The molecule has 1 saturated heterocycles. The molecule has 0 radical (unpaired) electrons. The van der Waals surface area contributed by atoms with Crippen LogP contribution in [0.4, 0.5) is 13.2 Å². The van der Waals surface area contributed by atoms with Crippen LogP contribution in [0.15, 0.2) is 36.5 Å². The maximum Gasteiger partial charge on any atom is 0.417 e. The number of carbonyl (C=O) groups excluding carboxylic acids is 1. The number of nitrogens with zero attached hydrogens (tertiary/aromatic N) is 3. The zero-order valence-electron chi connectivity index (χ0n) is 22.8. The van der Waals surface area contributed by atoms with E-state index in [0.717, 1.165) is 63.4 Å². The Hall–Kier alpha value is -2.94. The summed E-state index contributed by atoms with van der Waals surface area (Å²) in [7, 11) is 0. The molecule has 214 valence electrons. The van der Waals surface area contributed by atoms with Gasteiger partial charge in [-0.25, -0.2) is 4.79 Å². The summed E-state index contributed by atoms with van der Waals surface area (Å²) in [6, 6.07) is 8.77. The lowest BCUT2D eigenvalue weighted by atomic mass is 9.78. The second-order valence-corrected chi connectivity index (χ2v) is 12.4. The Kier molecular flexibility index (Phi) is 6.92. The number of hydrogen-bond donors (Lipinski definition) is 1. The van der Waals surface area contributed by atoms with Crippen LogP contribution in [-0.4, -0.2) is 57.4 Å². The molecule has 6 nitrogen and oxygen atoms in total. The number of aromatic nitrogens is 1. The molecule has 3 fully saturated rings. The number of halogens is 3. The van der Waals surface area contributed by atoms with Crippen molar-refractivity contribution in [2.75, 3.05) is 19.6 Å². The molecule has 0 spiro atoms. The molecule has 3 heterocycles. The normalized spacial score (nSPS) is 30.6. The largest absolute Gasteiger partial charge is 0.478 e. The maximum atomic E-state index is 14.1. The summed E-state index contributed by atoms with van der Waals surface area (Å²) in [6.07, 6.45) is 2.58. The number of piperidine rings is 1. The molecular weight excluding hydrogens is 519 g/mol. The highest BCUT2D eigenvalue weighted by Gasteiger charge is 2.57. The Morgan fingerprint density at radius 1 is 1.15 bits per heavy atom. The van der Waals surface area contributed by atoms with Gasteiger partial charge in [0.2, 0.25) is 5.91 Å². The fourth-order valence-electron chi connectivity index (χ4n) is 8.21. The van der Waals surface area contributed by atoms with Crippen LogP contribution in [0.3, 0.4) is 0 Å². The molecule has 2 saturated carbocycles. The van der Waals surface area contributed by atoms with E-state index < -0.39 is 23.1 Å². The summed E-state index contributed by atoms with van der Waals surface area (Å²) in [5, 5.41) is 9.41. The summed E-state index contributed by atoms with van der Waals surface area (Å²) < 4.78 is 39.9. The third-order valence-electron chi connectivity index (χ3n) is 10.2. The van der Waals surface area contributed by atoms with Crippen LogP contribution < -0.4 is 0 Å². The number of carboxylic acid groups (broad SMARTS) is 1.